The fourth-order valence-corrected chi connectivity index (χ4v) is 5.89. The molecule has 0 saturated carbocycles. The van der Waals surface area contributed by atoms with Crippen molar-refractivity contribution in [1.82, 2.24) is 4.31 Å². The number of nitrogens with zero attached hydrogens (tertiary/aromatic N) is 2. The zero-order valence-corrected chi connectivity index (χ0v) is 20.0. The first-order chi connectivity index (χ1) is 16.4. The zero-order valence-electron chi connectivity index (χ0n) is 19.2. The van der Waals surface area contributed by atoms with E-state index in [0.29, 0.717) is 37.5 Å². The topological polar surface area (TPSA) is 105 Å². The second-order valence-corrected chi connectivity index (χ2v) is 10.2. The Balaban J connectivity index is 1.39. The Morgan fingerprint density at radius 2 is 1.74 bits per heavy atom. The highest BCUT2D eigenvalue weighted by atomic mass is 32.2. The minimum Gasteiger partial charge on any atom is -0.495 e. The molecule has 0 spiro atoms. The molecule has 9 nitrogen and oxygen atoms in total. The first kappa shape index (κ1) is 24.0. The Morgan fingerprint density at radius 3 is 2.38 bits per heavy atom. The second-order valence-electron chi connectivity index (χ2n) is 8.31. The van der Waals surface area contributed by atoms with Crippen LogP contribution in [0.3, 0.4) is 0 Å². The maximum atomic E-state index is 13.1. The van der Waals surface area contributed by atoms with Gasteiger partial charge in [0.2, 0.25) is 15.9 Å². The number of nitrogens with one attached hydrogen (secondary N) is 1. The van der Waals surface area contributed by atoms with Crippen molar-refractivity contribution in [3.63, 3.8) is 0 Å². The monoisotopic (exact) mass is 487 g/mol. The molecule has 2 aromatic rings. The van der Waals surface area contributed by atoms with Crippen LogP contribution >= 0.6 is 0 Å². The molecule has 0 aliphatic carbocycles. The van der Waals surface area contributed by atoms with Crippen molar-refractivity contribution in [1.29, 1.82) is 0 Å². The summed E-state index contributed by atoms with van der Waals surface area (Å²) < 4.78 is 38.6. The maximum absolute atomic E-state index is 13.1. The lowest BCUT2D eigenvalue weighted by molar-refractivity contribution is -0.118. The van der Waals surface area contributed by atoms with Crippen molar-refractivity contribution >= 4 is 33.2 Å². The number of anilines is 2. The van der Waals surface area contributed by atoms with E-state index in [4.69, 9.17) is 9.47 Å². The number of piperidine rings is 1. The lowest BCUT2D eigenvalue weighted by atomic mass is 10.2. The van der Waals surface area contributed by atoms with E-state index >= 15 is 0 Å². The Hall–Kier alpha value is -3.11. The average molecular weight is 488 g/mol. The van der Waals surface area contributed by atoms with E-state index in [2.05, 4.69) is 5.32 Å². The van der Waals surface area contributed by atoms with Crippen molar-refractivity contribution in [3.8, 4) is 11.5 Å². The minimum atomic E-state index is -3.74. The Morgan fingerprint density at radius 1 is 1.00 bits per heavy atom. The van der Waals surface area contributed by atoms with Crippen LogP contribution in [0.4, 0.5) is 11.4 Å². The summed E-state index contributed by atoms with van der Waals surface area (Å²) in [6.07, 6.45) is 4.07. The molecule has 0 atom stereocenters. The van der Waals surface area contributed by atoms with E-state index in [1.54, 1.807) is 35.2 Å². The number of methoxy groups -OCH3 is 1. The Bertz CT molecular complexity index is 1140. The highest BCUT2D eigenvalue weighted by Crippen LogP contribution is 2.31. The van der Waals surface area contributed by atoms with Crippen molar-refractivity contribution in [2.75, 3.05) is 43.6 Å². The molecule has 2 aliphatic heterocycles. The zero-order chi connectivity index (χ0) is 24.1. The molecular weight excluding hydrogens is 458 g/mol. The van der Waals surface area contributed by atoms with Gasteiger partial charge in [0, 0.05) is 37.4 Å². The van der Waals surface area contributed by atoms with Gasteiger partial charge < -0.3 is 19.7 Å². The van der Waals surface area contributed by atoms with Gasteiger partial charge in [-0.1, -0.05) is 6.42 Å². The summed E-state index contributed by atoms with van der Waals surface area (Å²) in [4.78, 5) is 26.1. The van der Waals surface area contributed by atoms with Crippen LogP contribution in [0, 0.1) is 0 Å². The van der Waals surface area contributed by atoms with E-state index in [1.165, 1.54) is 23.5 Å². The number of hydrogen-bond donors (Lipinski definition) is 1. The van der Waals surface area contributed by atoms with Crippen LogP contribution in [0.1, 0.15) is 32.1 Å². The van der Waals surface area contributed by atoms with Crippen LogP contribution in [-0.2, 0) is 19.6 Å². The summed E-state index contributed by atoms with van der Waals surface area (Å²) in [5.41, 5.74) is 1.15. The molecule has 0 radical (unpaired) electrons. The molecule has 0 unspecified atom stereocenters. The third-order valence-corrected chi connectivity index (χ3v) is 7.89. The first-order valence-electron chi connectivity index (χ1n) is 11.4. The van der Waals surface area contributed by atoms with Gasteiger partial charge in [0.05, 0.1) is 7.11 Å². The molecule has 34 heavy (non-hydrogen) atoms. The molecule has 0 bridgehead atoms. The normalized spacial score (nSPS) is 17.0. The molecule has 4 rings (SSSR count). The first-order valence-corrected chi connectivity index (χ1v) is 12.8. The molecule has 2 aromatic carbocycles. The number of carbonyl (C=O) groups is 2. The summed E-state index contributed by atoms with van der Waals surface area (Å²) in [6, 6.07) is 11.5. The summed E-state index contributed by atoms with van der Waals surface area (Å²) in [5.74, 6) is 0.407. The van der Waals surface area contributed by atoms with Crippen molar-refractivity contribution < 1.29 is 27.5 Å². The van der Waals surface area contributed by atoms with Crippen LogP contribution in [0.5, 0.6) is 11.5 Å². The third-order valence-electron chi connectivity index (χ3n) is 5.97. The summed E-state index contributed by atoms with van der Waals surface area (Å²) >= 11 is 0. The second kappa shape index (κ2) is 10.4. The summed E-state index contributed by atoms with van der Waals surface area (Å²) in [5, 5.41) is 2.69. The quantitative estimate of drug-likeness (QED) is 0.614. The smallest absolute Gasteiger partial charge is 0.262 e. The largest absolute Gasteiger partial charge is 0.495 e. The van der Waals surface area contributed by atoms with Gasteiger partial charge >= 0.3 is 0 Å². The molecule has 1 N–H and O–H groups in total. The van der Waals surface area contributed by atoms with Gasteiger partial charge in [-0.25, -0.2) is 8.42 Å². The number of rotatable bonds is 8. The number of sulfonamides is 1. The lowest BCUT2D eigenvalue weighted by Gasteiger charge is -2.26. The van der Waals surface area contributed by atoms with E-state index in [9.17, 15) is 18.0 Å². The van der Waals surface area contributed by atoms with Crippen LogP contribution in [0.25, 0.3) is 0 Å². The molecule has 2 heterocycles. The number of hydrogen-bond acceptors (Lipinski definition) is 6. The van der Waals surface area contributed by atoms with E-state index in [-0.39, 0.29) is 23.2 Å². The molecule has 10 heteroatoms. The summed E-state index contributed by atoms with van der Waals surface area (Å²) in [6.45, 7) is 1.41. The molecular formula is C24H29N3O6S. The number of ether oxygens (including phenoxy) is 2. The van der Waals surface area contributed by atoms with E-state index < -0.39 is 15.9 Å². The SMILES string of the molecule is COc1ccc(NC(=O)COc2ccc(N3CCCC3=O)cc2)cc1S(=O)(=O)N1CCCCC1. The average Bonchev–Trinajstić information content (AvgIpc) is 3.29. The van der Waals surface area contributed by atoms with E-state index in [1.807, 2.05) is 0 Å². The molecule has 182 valence electrons. The summed E-state index contributed by atoms with van der Waals surface area (Å²) in [7, 11) is -2.32. The molecule has 2 aliphatic rings. The van der Waals surface area contributed by atoms with Gasteiger partial charge in [-0.05, 0) is 61.7 Å². The molecule has 2 saturated heterocycles. The maximum Gasteiger partial charge on any atom is 0.262 e. The highest BCUT2D eigenvalue weighted by molar-refractivity contribution is 7.89. The number of carbonyl (C=O) groups excluding carboxylic acids is 2. The predicted octanol–water partition coefficient (Wildman–Crippen LogP) is 3.01. The molecule has 0 aromatic heterocycles. The molecule has 2 fully saturated rings. The van der Waals surface area contributed by atoms with Crippen molar-refractivity contribution in [3.05, 3.63) is 42.5 Å². The molecule has 2 amide bonds. The highest BCUT2D eigenvalue weighted by Gasteiger charge is 2.29. The Labute approximate surface area is 199 Å². The van der Waals surface area contributed by atoms with Crippen LogP contribution < -0.4 is 19.7 Å². The van der Waals surface area contributed by atoms with Gasteiger partial charge in [-0.3, -0.25) is 9.59 Å². The number of amides is 2. The fraction of sp³-hybridized carbons (Fsp3) is 0.417. The van der Waals surface area contributed by atoms with Crippen molar-refractivity contribution in [2.45, 2.75) is 37.0 Å². The van der Waals surface area contributed by atoms with Gasteiger partial charge in [-0.2, -0.15) is 4.31 Å². The van der Waals surface area contributed by atoms with Crippen LogP contribution in [-0.4, -0.2) is 57.9 Å². The third kappa shape index (κ3) is 5.34. The van der Waals surface area contributed by atoms with Crippen LogP contribution in [0.2, 0.25) is 0 Å². The van der Waals surface area contributed by atoms with E-state index in [0.717, 1.165) is 31.4 Å². The van der Waals surface area contributed by atoms with Gasteiger partial charge in [0.15, 0.2) is 6.61 Å². The van der Waals surface area contributed by atoms with Crippen LogP contribution in [0.15, 0.2) is 47.4 Å². The standard InChI is InChI=1S/C24H29N3O6S/c1-32-21-12-7-18(16-22(21)34(30,31)26-13-3-2-4-14-26)25-23(28)17-33-20-10-8-19(9-11-20)27-15-5-6-24(27)29/h7-12,16H,2-6,13-15,17H2,1H3,(H,25,28). The lowest BCUT2D eigenvalue weighted by Crippen LogP contribution is -2.35. The van der Waals surface area contributed by atoms with Gasteiger partial charge in [0.1, 0.15) is 16.4 Å². The number of benzene rings is 2. The fourth-order valence-electron chi connectivity index (χ4n) is 4.19. The van der Waals surface area contributed by atoms with Crippen molar-refractivity contribution in [2.24, 2.45) is 0 Å². The Kier molecular flexibility index (Phi) is 7.38. The van der Waals surface area contributed by atoms with Gasteiger partial charge in [0.25, 0.3) is 5.91 Å². The van der Waals surface area contributed by atoms with Gasteiger partial charge in [-0.15, -0.1) is 0 Å². The predicted molar refractivity (Wildman–Crippen MR) is 128 cm³/mol. The minimum absolute atomic E-state index is 0.0302.